The summed E-state index contributed by atoms with van der Waals surface area (Å²) in [7, 11) is 1.62. The highest BCUT2D eigenvalue weighted by Crippen LogP contribution is 2.16. The molecule has 0 saturated carbocycles. The fourth-order valence-electron chi connectivity index (χ4n) is 0.888. The molecule has 0 bridgehead atoms. The molecule has 1 rings (SSSR count). The zero-order chi connectivity index (χ0) is 7.40. The summed E-state index contributed by atoms with van der Waals surface area (Å²) in [5.74, 6) is 0.814. The van der Waals surface area contributed by atoms with Gasteiger partial charge in [-0.3, -0.25) is 0 Å². The van der Waals surface area contributed by atoms with Crippen LogP contribution in [-0.2, 0) is 6.42 Å². The molecule has 0 unspecified atom stereocenters. The summed E-state index contributed by atoms with van der Waals surface area (Å²) in [4.78, 5) is 2.90. The summed E-state index contributed by atoms with van der Waals surface area (Å²) >= 11 is 0. The molecule has 10 heavy (non-hydrogen) atoms. The van der Waals surface area contributed by atoms with Crippen molar-refractivity contribution in [2.75, 3.05) is 13.7 Å². The van der Waals surface area contributed by atoms with E-state index in [4.69, 9.17) is 9.84 Å². The second kappa shape index (κ2) is 3.27. The monoisotopic (exact) mass is 141 g/mol. The molecule has 2 N–H and O–H groups in total. The predicted octanol–water partition coefficient (Wildman–Crippen LogP) is 0.558. The molecule has 0 atom stereocenters. The Morgan fingerprint density at radius 1 is 1.60 bits per heavy atom. The number of aromatic amines is 1. The standard InChI is InChI=1S/C7H11NO2/c1-10-7-5-8-4-6(7)2-3-9/h4-5,8-9H,2-3H2,1H3. The lowest BCUT2D eigenvalue weighted by Crippen LogP contribution is -1.91. The molecule has 56 valence electrons. The van der Waals surface area contributed by atoms with Gasteiger partial charge in [0.15, 0.2) is 0 Å². The minimum absolute atomic E-state index is 0.161. The first-order valence-electron chi connectivity index (χ1n) is 3.19. The molecule has 1 aromatic rings. The van der Waals surface area contributed by atoms with E-state index >= 15 is 0 Å². The van der Waals surface area contributed by atoms with E-state index in [-0.39, 0.29) is 6.61 Å². The smallest absolute Gasteiger partial charge is 0.139 e. The maximum Gasteiger partial charge on any atom is 0.139 e. The van der Waals surface area contributed by atoms with Crippen molar-refractivity contribution in [1.29, 1.82) is 0 Å². The molecule has 1 aromatic heterocycles. The zero-order valence-electron chi connectivity index (χ0n) is 5.92. The normalized spacial score (nSPS) is 9.80. The SMILES string of the molecule is COc1c[nH]cc1CCO. The van der Waals surface area contributed by atoms with Gasteiger partial charge in [-0.15, -0.1) is 0 Å². The summed E-state index contributed by atoms with van der Waals surface area (Å²) in [6, 6.07) is 0. The molecule has 0 saturated heterocycles. The molecule has 0 aromatic carbocycles. The Morgan fingerprint density at radius 2 is 2.40 bits per heavy atom. The van der Waals surface area contributed by atoms with Crippen LogP contribution in [0.3, 0.4) is 0 Å². The van der Waals surface area contributed by atoms with Crippen LogP contribution in [0.5, 0.6) is 5.75 Å². The molecule has 3 heteroatoms. The van der Waals surface area contributed by atoms with E-state index in [1.807, 2.05) is 6.20 Å². The van der Waals surface area contributed by atoms with Crippen molar-refractivity contribution >= 4 is 0 Å². The summed E-state index contributed by atoms with van der Waals surface area (Å²) in [6.45, 7) is 0.161. The molecule has 1 heterocycles. The Balaban J connectivity index is 2.70. The predicted molar refractivity (Wildman–Crippen MR) is 38.1 cm³/mol. The Bertz CT molecular complexity index is 195. The lowest BCUT2D eigenvalue weighted by atomic mass is 10.2. The fraction of sp³-hybridized carbons (Fsp3) is 0.429. The zero-order valence-corrected chi connectivity index (χ0v) is 5.92. The highest BCUT2D eigenvalue weighted by molar-refractivity contribution is 5.29. The van der Waals surface area contributed by atoms with Crippen molar-refractivity contribution in [3.8, 4) is 5.75 Å². The second-order valence-electron chi connectivity index (χ2n) is 2.02. The van der Waals surface area contributed by atoms with Gasteiger partial charge in [0, 0.05) is 31.0 Å². The van der Waals surface area contributed by atoms with Gasteiger partial charge in [-0.25, -0.2) is 0 Å². The maximum absolute atomic E-state index is 8.59. The minimum atomic E-state index is 0.161. The second-order valence-corrected chi connectivity index (χ2v) is 2.02. The number of rotatable bonds is 3. The van der Waals surface area contributed by atoms with E-state index in [0.717, 1.165) is 11.3 Å². The van der Waals surface area contributed by atoms with Crippen LogP contribution in [0.1, 0.15) is 5.56 Å². The van der Waals surface area contributed by atoms with E-state index in [1.54, 1.807) is 13.3 Å². The van der Waals surface area contributed by atoms with Gasteiger partial charge in [-0.1, -0.05) is 0 Å². The lowest BCUT2D eigenvalue weighted by Gasteiger charge is -1.97. The number of aliphatic hydroxyl groups excluding tert-OH is 1. The van der Waals surface area contributed by atoms with E-state index < -0.39 is 0 Å². The number of H-pyrrole nitrogens is 1. The van der Waals surface area contributed by atoms with Gasteiger partial charge in [0.1, 0.15) is 5.75 Å². The van der Waals surface area contributed by atoms with Crippen LogP contribution in [0.4, 0.5) is 0 Å². The summed E-state index contributed by atoms with van der Waals surface area (Å²) in [6.07, 6.45) is 4.24. The molecule has 0 spiro atoms. The van der Waals surface area contributed by atoms with Gasteiger partial charge in [0.05, 0.1) is 7.11 Å². The minimum Gasteiger partial charge on any atom is -0.495 e. The van der Waals surface area contributed by atoms with Crippen LogP contribution >= 0.6 is 0 Å². The van der Waals surface area contributed by atoms with Crippen molar-refractivity contribution in [2.45, 2.75) is 6.42 Å². The van der Waals surface area contributed by atoms with Gasteiger partial charge in [-0.2, -0.15) is 0 Å². The lowest BCUT2D eigenvalue weighted by molar-refractivity contribution is 0.297. The van der Waals surface area contributed by atoms with Crippen molar-refractivity contribution in [3.05, 3.63) is 18.0 Å². The van der Waals surface area contributed by atoms with Crippen molar-refractivity contribution in [2.24, 2.45) is 0 Å². The molecule has 3 nitrogen and oxygen atoms in total. The molecule has 0 radical (unpaired) electrons. The number of hydrogen-bond acceptors (Lipinski definition) is 2. The first-order valence-corrected chi connectivity index (χ1v) is 3.19. The third-order valence-electron chi connectivity index (χ3n) is 1.39. The Morgan fingerprint density at radius 3 is 3.00 bits per heavy atom. The molecular weight excluding hydrogens is 130 g/mol. The molecule has 0 aliphatic heterocycles. The summed E-state index contributed by atoms with van der Waals surface area (Å²) in [5, 5.41) is 8.59. The van der Waals surface area contributed by atoms with Gasteiger partial charge in [-0.05, 0) is 0 Å². The highest BCUT2D eigenvalue weighted by Gasteiger charge is 2.00. The first-order chi connectivity index (χ1) is 4.88. The molecule has 0 aliphatic carbocycles. The number of aliphatic hydroxyl groups is 1. The molecule has 0 fully saturated rings. The number of hydrogen-bond donors (Lipinski definition) is 2. The van der Waals surface area contributed by atoms with Crippen LogP contribution in [0.2, 0.25) is 0 Å². The largest absolute Gasteiger partial charge is 0.495 e. The van der Waals surface area contributed by atoms with Crippen LogP contribution in [0.15, 0.2) is 12.4 Å². The van der Waals surface area contributed by atoms with E-state index in [9.17, 15) is 0 Å². The summed E-state index contributed by atoms with van der Waals surface area (Å²) in [5.41, 5.74) is 1.02. The average Bonchev–Trinajstić information content (AvgIpc) is 2.36. The molecule has 0 aliphatic rings. The topological polar surface area (TPSA) is 45.2 Å². The van der Waals surface area contributed by atoms with E-state index in [1.165, 1.54) is 0 Å². The van der Waals surface area contributed by atoms with Gasteiger partial charge < -0.3 is 14.8 Å². The van der Waals surface area contributed by atoms with Crippen LogP contribution in [0, 0.1) is 0 Å². The number of methoxy groups -OCH3 is 1. The van der Waals surface area contributed by atoms with Crippen molar-refractivity contribution in [3.63, 3.8) is 0 Å². The van der Waals surface area contributed by atoms with Crippen LogP contribution in [0.25, 0.3) is 0 Å². The molecule has 0 amide bonds. The third-order valence-corrected chi connectivity index (χ3v) is 1.39. The van der Waals surface area contributed by atoms with Gasteiger partial charge in [0.25, 0.3) is 0 Å². The maximum atomic E-state index is 8.59. The number of aromatic nitrogens is 1. The van der Waals surface area contributed by atoms with E-state index in [2.05, 4.69) is 4.98 Å². The van der Waals surface area contributed by atoms with Gasteiger partial charge in [0.2, 0.25) is 0 Å². The number of ether oxygens (including phenoxy) is 1. The van der Waals surface area contributed by atoms with Crippen LogP contribution in [-0.4, -0.2) is 23.8 Å². The first kappa shape index (κ1) is 7.15. The quantitative estimate of drug-likeness (QED) is 0.646. The molecular formula is C7H11NO2. The number of nitrogens with one attached hydrogen (secondary N) is 1. The fourth-order valence-corrected chi connectivity index (χ4v) is 0.888. The summed E-state index contributed by atoms with van der Waals surface area (Å²) < 4.78 is 5.00. The van der Waals surface area contributed by atoms with Crippen LogP contribution < -0.4 is 4.74 Å². The Labute approximate surface area is 59.6 Å². The van der Waals surface area contributed by atoms with Crippen molar-refractivity contribution in [1.82, 2.24) is 4.98 Å². The Kier molecular flexibility index (Phi) is 2.34. The highest BCUT2D eigenvalue weighted by atomic mass is 16.5. The van der Waals surface area contributed by atoms with Crippen molar-refractivity contribution < 1.29 is 9.84 Å². The van der Waals surface area contributed by atoms with E-state index in [0.29, 0.717) is 6.42 Å². The third kappa shape index (κ3) is 1.30. The Hall–Kier alpha value is -0.960. The average molecular weight is 141 g/mol. The van der Waals surface area contributed by atoms with Gasteiger partial charge >= 0.3 is 0 Å².